The molecule has 2 aromatic carbocycles. The molecule has 1 amide bonds. The van der Waals surface area contributed by atoms with Crippen LogP contribution in [0.1, 0.15) is 87.5 Å². The summed E-state index contributed by atoms with van der Waals surface area (Å²) in [6, 6.07) is 14.0. The van der Waals surface area contributed by atoms with Gasteiger partial charge in [0.15, 0.2) is 0 Å². The molecule has 1 aromatic heterocycles. The third kappa shape index (κ3) is 10.1. The van der Waals surface area contributed by atoms with E-state index in [9.17, 15) is 35.9 Å². The predicted octanol–water partition coefficient (Wildman–Crippen LogP) is 10.0. The number of pyridine rings is 1. The Bertz CT molecular complexity index is 1610. The van der Waals surface area contributed by atoms with Gasteiger partial charge < -0.3 is 14.5 Å². The Hall–Kier alpha value is -3.61. The van der Waals surface area contributed by atoms with Crippen molar-refractivity contribution in [2.45, 2.75) is 109 Å². The minimum atomic E-state index is -4.98. The number of carbonyl (C=O) groups is 2. The number of alkyl halides is 6. The number of halogens is 7. The van der Waals surface area contributed by atoms with Crippen molar-refractivity contribution in [2.24, 2.45) is 11.8 Å². The van der Waals surface area contributed by atoms with E-state index in [2.05, 4.69) is 20.9 Å². The lowest BCUT2D eigenvalue weighted by Crippen LogP contribution is -2.59. The van der Waals surface area contributed by atoms with Crippen LogP contribution in [0.2, 0.25) is 0 Å². The van der Waals surface area contributed by atoms with Crippen LogP contribution in [0.3, 0.4) is 0 Å². The Kier molecular flexibility index (Phi) is 13.0. The normalized spacial score (nSPS) is 22.6. The van der Waals surface area contributed by atoms with Crippen molar-refractivity contribution in [3.8, 4) is 0 Å². The Balaban J connectivity index is 1.48. The lowest BCUT2D eigenvalue weighted by molar-refractivity contribution is -0.146. The number of esters is 1. The lowest BCUT2D eigenvalue weighted by atomic mass is 9.78. The van der Waals surface area contributed by atoms with Crippen molar-refractivity contribution in [3.05, 3.63) is 93.6 Å². The Morgan fingerprint density at radius 3 is 2.06 bits per heavy atom. The maximum absolute atomic E-state index is 14.5. The second-order valence-electron chi connectivity index (χ2n) is 13.9. The first kappa shape index (κ1) is 39.6. The molecule has 0 N–H and O–H groups in total. The summed E-state index contributed by atoms with van der Waals surface area (Å²) in [5.74, 6) is 0.195. The average molecular weight is 797 g/mol. The molecule has 5 rings (SSSR count). The van der Waals surface area contributed by atoms with Gasteiger partial charge in [0.1, 0.15) is 5.82 Å². The van der Waals surface area contributed by atoms with E-state index < -0.39 is 23.5 Å². The number of ether oxygens (including phenoxy) is 1. The van der Waals surface area contributed by atoms with E-state index >= 15 is 0 Å². The van der Waals surface area contributed by atoms with Gasteiger partial charge in [-0.15, -0.1) is 0 Å². The van der Waals surface area contributed by atoms with Gasteiger partial charge in [0.25, 0.3) is 0 Å². The maximum atomic E-state index is 14.5. The molecule has 2 aliphatic rings. The number of anilines is 1. The van der Waals surface area contributed by atoms with E-state index in [1.54, 1.807) is 30.2 Å². The van der Waals surface area contributed by atoms with Crippen molar-refractivity contribution in [1.82, 2.24) is 9.88 Å². The number of aromatic nitrogens is 1. The zero-order valence-corrected chi connectivity index (χ0v) is 30.8. The zero-order valence-electron chi connectivity index (χ0n) is 29.2. The monoisotopic (exact) mass is 795 g/mol. The van der Waals surface area contributed by atoms with Crippen LogP contribution < -0.4 is 4.90 Å². The number of carbonyl (C=O) groups excluding carboxylic acids is 2. The van der Waals surface area contributed by atoms with Gasteiger partial charge in [0.2, 0.25) is 5.91 Å². The smallest absolute Gasteiger partial charge is 0.416 e. The number of nitrogens with zero attached hydrogens (tertiary/aromatic N) is 3. The molecule has 3 atom stereocenters. The molecule has 13 heteroatoms. The molecule has 0 bridgehead atoms. The first-order valence-corrected chi connectivity index (χ1v) is 18.6. The van der Waals surface area contributed by atoms with Crippen molar-refractivity contribution in [1.29, 1.82) is 0 Å². The molecule has 1 saturated heterocycles. The van der Waals surface area contributed by atoms with Crippen LogP contribution in [0.15, 0.2) is 71.3 Å². The molecule has 6 nitrogen and oxygen atoms in total. The average Bonchev–Trinajstić information content (AvgIpc) is 3.10. The second-order valence-corrected chi connectivity index (χ2v) is 14.8. The summed E-state index contributed by atoms with van der Waals surface area (Å²) in [6.45, 7) is 3.84. The van der Waals surface area contributed by atoms with Crippen LogP contribution in [0.4, 0.5) is 32.2 Å². The van der Waals surface area contributed by atoms with Gasteiger partial charge in [-0.3, -0.25) is 9.59 Å². The van der Waals surface area contributed by atoms with Gasteiger partial charge in [0.05, 0.1) is 17.7 Å². The van der Waals surface area contributed by atoms with Crippen molar-refractivity contribution in [3.63, 3.8) is 0 Å². The van der Waals surface area contributed by atoms with Crippen LogP contribution in [-0.4, -0.2) is 46.5 Å². The van der Waals surface area contributed by atoms with E-state index in [0.717, 1.165) is 30.5 Å². The van der Waals surface area contributed by atoms with Gasteiger partial charge in [-0.05, 0) is 122 Å². The molecule has 1 aliphatic heterocycles. The number of rotatable bonds is 11. The summed E-state index contributed by atoms with van der Waals surface area (Å²) >= 11 is 3.37. The predicted molar refractivity (Wildman–Crippen MR) is 189 cm³/mol. The molecular formula is C39H44BrF6N3O3. The van der Waals surface area contributed by atoms with Crippen LogP contribution in [0.5, 0.6) is 0 Å². The van der Waals surface area contributed by atoms with Gasteiger partial charge in [0, 0.05) is 47.7 Å². The molecule has 52 heavy (non-hydrogen) atoms. The quantitative estimate of drug-likeness (QED) is 0.143. The standard InChI is InChI=1S/C39H44BrF6N3O3/c1-3-32-21-33(48(35-15-14-31(40)23-47-35)24-27-16-29(38(41,42)43)20-30(17-27)39(44,45)46)22-34(18-25-8-6-5-7-9-25)49(32)37(51)28-12-10-26(11-13-28)19-36(50)52-4-2/h5-9,14-17,20,23,26,28,32-34H,3-4,10-13,18-19,21-22,24H2,1-2H3. The highest BCUT2D eigenvalue weighted by Crippen LogP contribution is 2.40. The molecule has 1 saturated carbocycles. The van der Waals surface area contributed by atoms with Crippen LogP contribution in [0.25, 0.3) is 0 Å². The number of piperidine rings is 1. The van der Waals surface area contributed by atoms with Crippen LogP contribution in [-0.2, 0) is 39.6 Å². The van der Waals surface area contributed by atoms with Gasteiger partial charge in [-0.25, -0.2) is 4.98 Å². The summed E-state index contributed by atoms with van der Waals surface area (Å²) in [5, 5.41) is 0. The van der Waals surface area contributed by atoms with Gasteiger partial charge in [-0.2, -0.15) is 26.3 Å². The SMILES string of the molecule is CCOC(=O)CC1CCC(C(=O)N2C(CC)CC(N(Cc3cc(C(F)(F)F)cc(C(F)(F)F)c3)c3ccc(Br)cn3)CC2Cc2ccccc2)CC1. The topological polar surface area (TPSA) is 62.7 Å². The van der Waals surface area contributed by atoms with E-state index in [1.165, 1.54) is 0 Å². The third-order valence-corrected chi connectivity index (χ3v) is 10.8. The Labute approximate surface area is 309 Å². The summed E-state index contributed by atoms with van der Waals surface area (Å²) in [6.07, 6.45) is -3.26. The fourth-order valence-electron chi connectivity index (χ4n) is 7.82. The molecule has 3 unspecified atom stereocenters. The minimum absolute atomic E-state index is 0.0572. The lowest BCUT2D eigenvalue weighted by Gasteiger charge is -2.50. The summed E-state index contributed by atoms with van der Waals surface area (Å²) in [7, 11) is 0. The molecule has 1 aliphatic carbocycles. The number of benzene rings is 2. The van der Waals surface area contributed by atoms with Crippen molar-refractivity contribution in [2.75, 3.05) is 11.5 Å². The molecule has 0 spiro atoms. The highest BCUT2D eigenvalue weighted by atomic mass is 79.9. The molecule has 0 radical (unpaired) electrons. The number of amides is 1. The Morgan fingerprint density at radius 2 is 1.50 bits per heavy atom. The number of likely N-dealkylation sites (tertiary alicyclic amines) is 1. The summed E-state index contributed by atoms with van der Waals surface area (Å²) in [4.78, 5) is 34.9. The highest BCUT2D eigenvalue weighted by Gasteiger charge is 2.43. The van der Waals surface area contributed by atoms with E-state index in [-0.39, 0.29) is 60.0 Å². The van der Waals surface area contributed by atoms with E-state index in [0.29, 0.717) is 61.8 Å². The largest absolute Gasteiger partial charge is 0.466 e. The summed E-state index contributed by atoms with van der Waals surface area (Å²) < 4.78 is 89.1. The van der Waals surface area contributed by atoms with Crippen LogP contribution >= 0.6 is 15.9 Å². The minimum Gasteiger partial charge on any atom is -0.466 e. The Morgan fingerprint density at radius 1 is 0.865 bits per heavy atom. The molecule has 2 heterocycles. The number of hydrogen-bond donors (Lipinski definition) is 0. The van der Waals surface area contributed by atoms with Gasteiger partial charge >= 0.3 is 18.3 Å². The van der Waals surface area contributed by atoms with Crippen molar-refractivity contribution >= 4 is 33.6 Å². The van der Waals surface area contributed by atoms with E-state index in [4.69, 9.17) is 4.74 Å². The second kappa shape index (κ2) is 17.0. The first-order valence-electron chi connectivity index (χ1n) is 17.8. The molecule has 282 valence electrons. The van der Waals surface area contributed by atoms with Gasteiger partial charge in [-0.1, -0.05) is 37.3 Å². The zero-order chi connectivity index (χ0) is 37.6. The summed E-state index contributed by atoms with van der Waals surface area (Å²) in [5.41, 5.74) is -1.86. The fourth-order valence-corrected chi connectivity index (χ4v) is 8.05. The maximum Gasteiger partial charge on any atom is 0.416 e. The first-order chi connectivity index (χ1) is 24.7. The molecule has 3 aromatic rings. The third-order valence-electron chi connectivity index (χ3n) is 10.3. The molecule has 2 fully saturated rings. The number of hydrogen-bond acceptors (Lipinski definition) is 5. The fraction of sp³-hybridized carbons (Fsp3) is 0.513. The molecular weight excluding hydrogens is 752 g/mol. The van der Waals surface area contributed by atoms with Crippen molar-refractivity contribution < 1.29 is 40.7 Å². The highest BCUT2D eigenvalue weighted by molar-refractivity contribution is 9.10. The van der Waals surface area contributed by atoms with Crippen LogP contribution in [0, 0.1) is 11.8 Å². The van der Waals surface area contributed by atoms with E-state index in [1.807, 2.05) is 42.2 Å².